The highest BCUT2D eigenvalue weighted by Crippen LogP contribution is 2.30. The molecule has 0 aromatic carbocycles. The van der Waals surface area contributed by atoms with E-state index >= 15 is 0 Å². The number of carbonyl (C=O) groups is 1. The third kappa shape index (κ3) is 14.9. The zero-order chi connectivity index (χ0) is 24.7. The lowest BCUT2D eigenvalue weighted by molar-refractivity contribution is -0.0216. The number of carbonyl (C=O) groups excluding carboxylic acids is 1. The van der Waals surface area contributed by atoms with Crippen molar-refractivity contribution in [3.8, 4) is 0 Å². The maximum Gasteiger partial charge on any atom is 0.508 e. The lowest BCUT2D eigenvalue weighted by Crippen LogP contribution is -2.42. The second kappa shape index (κ2) is 16.7. The van der Waals surface area contributed by atoms with Gasteiger partial charge in [0.2, 0.25) is 0 Å². The van der Waals surface area contributed by atoms with Crippen LogP contribution in [-0.4, -0.2) is 55.2 Å². The fourth-order valence-corrected chi connectivity index (χ4v) is 4.69. The van der Waals surface area contributed by atoms with Crippen molar-refractivity contribution in [2.24, 2.45) is 11.3 Å². The first-order valence-electron chi connectivity index (χ1n) is 13.6. The van der Waals surface area contributed by atoms with E-state index in [1.807, 2.05) is 0 Å². The number of nitrogens with one attached hydrogen (secondary N) is 2. The molecule has 0 radical (unpaired) electrons. The van der Waals surface area contributed by atoms with Gasteiger partial charge in [0.25, 0.3) is 0 Å². The molecule has 0 aliphatic carbocycles. The summed E-state index contributed by atoms with van der Waals surface area (Å²) in [6, 6.07) is 0.825. The number of aliphatic hydroxyl groups excluding tert-OH is 1. The molecule has 33 heavy (non-hydrogen) atoms. The Morgan fingerprint density at radius 2 is 1.48 bits per heavy atom. The molecule has 196 valence electrons. The van der Waals surface area contributed by atoms with Gasteiger partial charge in [0.05, 0.1) is 0 Å². The Kier molecular flexibility index (Phi) is 15.3. The summed E-state index contributed by atoms with van der Waals surface area (Å²) < 4.78 is 10.8. The van der Waals surface area contributed by atoms with E-state index in [-0.39, 0.29) is 12.2 Å². The Morgan fingerprint density at radius 1 is 0.970 bits per heavy atom. The normalized spacial score (nSPS) is 26.6. The monoisotopic (exact) mass is 470 g/mol. The molecule has 0 bridgehead atoms. The fraction of sp³-hybridized carbons (Fsp3) is 0.963. The summed E-state index contributed by atoms with van der Waals surface area (Å²) in [5, 5.41) is 15.6. The average molecular weight is 471 g/mol. The molecule has 5 unspecified atom stereocenters. The molecule has 0 amide bonds. The van der Waals surface area contributed by atoms with Gasteiger partial charge in [-0.2, -0.15) is 0 Å². The number of ether oxygens (including phenoxy) is 2. The van der Waals surface area contributed by atoms with Crippen LogP contribution >= 0.6 is 0 Å². The predicted molar refractivity (Wildman–Crippen MR) is 137 cm³/mol. The van der Waals surface area contributed by atoms with E-state index in [9.17, 15) is 4.79 Å². The van der Waals surface area contributed by atoms with Gasteiger partial charge >= 0.3 is 6.16 Å². The molecule has 2 fully saturated rings. The molecule has 2 heterocycles. The second-order valence-corrected chi connectivity index (χ2v) is 11.3. The first-order valence-corrected chi connectivity index (χ1v) is 13.6. The SMILES string of the molecule is CC1CC(OC(=O)OC2CCNC(C)C2)CCN1.CCCCCC(C)(C)CCCC(C)CO. The fourth-order valence-electron chi connectivity index (χ4n) is 4.69. The van der Waals surface area contributed by atoms with Crippen molar-refractivity contribution in [3.63, 3.8) is 0 Å². The van der Waals surface area contributed by atoms with Crippen molar-refractivity contribution < 1.29 is 19.4 Å². The summed E-state index contributed by atoms with van der Waals surface area (Å²) in [6.45, 7) is 15.5. The quantitative estimate of drug-likeness (QED) is 0.261. The Labute approximate surface area is 204 Å². The molecule has 6 nitrogen and oxygen atoms in total. The van der Waals surface area contributed by atoms with Gasteiger partial charge in [-0.25, -0.2) is 4.79 Å². The molecule has 2 aliphatic rings. The van der Waals surface area contributed by atoms with E-state index < -0.39 is 6.16 Å². The molecule has 0 aromatic heterocycles. The largest absolute Gasteiger partial charge is 0.508 e. The highest BCUT2D eigenvalue weighted by molar-refractivity contribution is 5.60. The van der Waals surface area contributed by atoms with E-state index in [2.05, 4.69) is 52.2 Å². The second-order valence-electron chi connectivity index (χ2n) is 11.3. The van der Waals surface area contributed by atoms with Crippen molar-refractivity contribution >= 4 is 6.16 Å². The summed E-state index contributed by atoms with van der Waals surface area (Å²) in [6.07, 6.45) is 12.2. The number of hydrogen-bond donors (Lipinski definition) is 3. The molecule has 0 spiro atoms. The minimum atomic E-state index is -0.492. The van der Waals surface area contributed by atoms with Gasteiger partial charge < -0.3 is 25.2 Å². The Balaban J connectivity index is 0.000000337. The zero-order valence-corrected chi connectivity index (χ0v) is 22.5. The number of rotatable bonds is 11. The van der Waals surface area contributed by atoms with E-state index in [4.69, 9.17) is 14.6 Å². The molecule has 5 atom stereocenters. The van der Waals surface area contributed by atoms with Crippen molar-refractivity contribution in [2.75, 3.05) is 19.7 Å². The van der Waals surface area contributed by atoms with Crippen molar-refractivity contribution in [1.82, 2.24) is 10.6 Å². The minimum absolute atomic E-state index is 0.00730. The lowest BCUT2D eigenvalue weighted by atomic mass is 9.81. The minimum Gasteiger partial charge on any atom is -0.431 e. The van der Waals surface area contributed by atoms with Gasteiger partial charge in [0.1, 0.15) is 12.2 Å². The zero-order valence-electron chi connectivity index (χ0n) is 22.5. The van der Waals surface area contributed by atoms with Gasteiger partial charge in [-0.05, 0) is 83.2 Å². The summed E-state index contributed by atoms with van der Waals surface area (Å²) >= 11 is 0. The van der Waals surface area contributed by atoms with E-state index in [1.165, 1.54) is 44.9 Å². The molecule has 3 N–H and O–H groups in total. The summed E-state index contributed by atoms with van der Waals surface area (Å²) in [4.78, 5) is 11.7. The van der Waals surface area contributed by atoms with Crippen molar-refractivity contribution in [2.45, 2.75) is 136 Å². The van der Waals surface area contributed by atoms with E-state index in [1.54, 1.807) is 0 Å². The molecular weight excluding hydrogens is 416 g/mol. The molecule has 6 heteroatoms. The van der Waals surface area contributed by atoms with Crippen LogP contribution in [0.5, 0.6) is 0 Å². The van der Waals surface area contributed by atoms with Gasteiger partial charge in [-0.3, -0.25) is 0 Å². The Hall–Kier alpha value is -0.850. The summed E-state index contributed by atoms with van der Waals surface area (Å²) in [5.41, 5.74) is 0.504. The maximum atomic E-state index is 11.7. The highest BCUT2D eigenvalue weighted by Gasteiger charge is 2.26. The van der Waals surface area contributed by atoms with Crippen molar-refractivity contribution in [1.29, 1.82) is 0 Å². The lowest BCUT2D eigenvalue weighted by Gasteiger charge is -2.30. The third-order valence-corrected chi connectivity index (χ3v) is 7.00. The average Bonchev–Trinajstić information content (AvgIpc) is 2.74. The van der Waals surface area contributed by atoms with Crippen LogP contribution in [0, 0.1) is 11.3 Å². The van der Waals surface area contributed by atoms with Gasteiger partial charge in [0, 0.05) is 18.7 Å². The molecule has 2 saturated heterocycles. The molecule has 0 aromatic rings. The van der Waals surface area contributed by atoms with Gasteiger partial charge in [-0.15, -0.1) is 0 Å². The van der Waals surface area contributed by atoms with Crippen LogP contribution in [0.25, 0.3) is 0 Å². The summed E-state index contributed by atoms with van der Waals surface area (Å²) in [5.74, 6) is 0.483. The van der Waals surface area contributed by atoms with E-state index in [0.717, 1.165) is 38.8 Å². The highest BCUT2D eigenvalue weighted by atomic mass is 16.7. The topological polar surface area (TPSA) is 79.8 Å². The van der Waals surface area contributed by atoms with Crippen LogP contribution in [0.2, 0.25) is 0 Å². The van der Waals surface area contributed by atoms with Crippen LogP contribution in [0.1, 0.15) is 112 Å². The molecule has 2 aliphatic heterocycles. The number of piperidine rings is 2. The Morgan fingerprint density at radius 3 is 1.94 bits per heavy atom. The maximum absolute atomic E-state index is 11.7. The molecular formula is C27H54N2O4. The smallest absolute Gasteiger partial charge is 0.431 e. The number of unbranched alkanes of at least 4 members (excludes halogenated alkanes) is 2. The van der Waals surface area contributed by atoms with Crippen LogP contribution < -0.4 is 10.6 Å². The van der Waals surface area contributed by atoms with Gasteiger partial charge in [0.15, 0.2) is 0 Å². The number of aliphatic hydroxyl groups is 1. The summed E-state index contributed by atoms with van der Waals surface area (Å²) in [7, 11) is 0. The standard InChI is InChI=1S/C14H30O.C13H24N2O3/c1-5-6-7-10-14(3,4)11-8-9-13(2)12-15;1-9-7-11(3-5-14-9)17-13(16)18-12-4-6-15-10(2)8-12/h13,15H,5-12H2,1-4H3;9-12,14-15H,3-8H2,1-2H3. The number of hydrogen-bond acceptors (Lipinski definition) is 6. The molecule has 2 rings (SSSR count). The van der Waals surface area contributed by atoms with Crippen LogP contribution in [-0.2, 0) is 9.47 Å². The van der Waals surface area contributed by atoms with Crippen LogP contribution in [0.4, 0.5) is 4.79 Å². The predicted octanol–water partition coefficient (Wildman–Crippen LogP) is 5.81. The Bertz CT molecular complexity index is 488. The molecule has 0 saturated carbocycles. The van der Waals surface area contributed by atoms with E-state index in [0.29, 0.717) is 30.0 Å². The first kappa shape index (κ1) is 30.2. The van der Waals surface area contributed by atoms with Crippen LogP contribution in [0.3, 0.4) is 0 Å². The third-order valence-electron chi connectivity index (χ3n) is 7.00. The van der Waals surface area contributed by atoms with Crippen LogP contribution in [0.15, 0.2) is 0 Å². The van der Waals surface area contributed by atoms with Crippen molar-refractivity contribution in [3.05, 3.63) is 0 Å². The first-order chi connectivity index (χ1) is 15.6. The van der Waals surface area contributed by atoms with Gasteiger partial charge in [-0.1, -0.05) is 53.4 Å².